The first kappa shape index (κ1) is 20.0. The Balaban J connectivity index is 1.44. The normalized spacial score (nSPS) is 10.3. The molecule has 3 aromatic rings. The van der Waals surface area contributed by atoms with Crippen LogP contribution in [0.15, 0.2) is 72.8 Å². The number of carbonyl (C=O) groups excluding carboxylic acids is 2. The van der Waals surface area contributed by atoms with E-state index in [0.717, 1.165) is 23.3 Å². The minimum absolute atomic E-state index is 0.411. The maximum atomic E-state index is 13.5. The number of ether oxygens (including phenoxy) is 2. The smallest absolute Gasteiger partial charge is 0.344 e. The molecule has 0 bridgehead atoms. The van der Waals surface area contributed by atoms with Crippen LogP contribution in [0.5, 0.6) is 5.75 Å². The molecule has 3 rings (SSSR count). The Kier molecular flexibility index (Phi) is 6.52. The van der Waals surface area contributed by atoms with Crippen LogP contribution in [0.2, 0.25) is 0 Å². The quantitative estimate of drug-likeness (QED) is 0.607. The van der Waals surface area contributed by atoms with E-state index in [1.807, 2.05) is 47.8 Å². The van der Waals surface area contributed by atoms with Gasteiger partial charge in [-0.3, -0.25) is 4.79 Å². The highest BCUT2D eigenvalue weighted by molar-refractivity contribution is 5.93. The Morgan fingerprint density at radius 3 is 2.03 bits per heavy atom. The molecule has 1 N–H and O–H groups in total. The Morgan fingerprint density at radius 1 is 0.759 bits per heavy atom. The topological polar surface area (TPSA) is 64.6 Å². The van der Waals surface area contributed by atoms with E-state index < -0.39 is 42.4 Å². The molecule has 0 saturated carbocycles. The minimum Gasteiger partial charge on any atom is -0.482 e. The number of carbonyl (C=O) groups is 2. The summed E-state index contributed by atoms with van der Waals surface area (Å²) in [7, 11) is 0. The third-order valence-electron chi connectivity index (χ3n) is 3.91. The van der Waals surface area contributed by atoms with E-state index in [2.05, 4.69) is 0 Å². The molecule has 0 unspecified atom stereocenters. The zero-order chi connectivity index (χ0) is 20.6. The van der Waals surface area contributed by atoms with Crippen molar-refractivity contribution < 1.29 is 27.8 Å². The highest BCUT2D eigenvalue weighted by atomic mass is 19.1. The monoisotopic (exact) mass is 397 g/mol. The van der Waals surface area contributed by atoms with Crippen molar-refractivity contribution in [3.63, 3.8) is 0 Å². The molecule has 3 aromatic carbocycles. The predicted octanol–water partition coefficient (Wildman–Crippen LogP) is 4.19. The molecule has 0 saturated heterocycles. The third kappa shape index (κ3) is 5.62. The van der Waals surface area contributed by atoms with E-state index >= 15 is 0 Å². The van der Waals surface area contributed by atoms with Gasteiger partial charge in [0, 0.05) is 0 Å². The van der Waals surface area contributed by atoms with Gasteiger partial charge in [0.2, 0.25) is 0 Å². The van der Waals surface area contributed by atoms with Crippen LogP contribution in [0.4, 0.5) is 14.5 Å². The maximum Gasteiger partial charge on any atom is 0.344 e. The summed E-state index contributed by atoms with van der Waals surface area (Å²) in [6, 6.07) is 20.1. The van der Waals surface area contributed by atoms with Gasteiger partial charge in [0.1, 0.15) is 23.1 Å². The van der Waals surface area contributed by atoms with E-state index in [0.29, 0.717) is 5.75 Å². The van der Waals surface area contributed by atoms with Crippen LogP contribution in [0.3, 0.4) is 0 Å². The Morgan fingerprint density at radius 2 is 1.38 bits per heavy atom. The summed E-state index contributed by atoms with van der Waals surface area (Å²) in [5.74, 6) is -3.05. The highest BCUT2D eigenvalue weighted by Crippen LogP contribution is 2.22. The van der Waals surface area contributed by atoms with Crippen molar-refractivity contribution in [2.24, 2.45) is 0 Å². The average Bonchev–Trinajstić information content (AvgIpc) is 2.74. The second-order valence-corrected chi connectivity index (χ2v) is 5.98. The van der Waals surface area contributed by atoms with Gasteiger partial charge in [-0.25, -0.2) is 13.6 Å². The number of rotatable bonds is 7. The van der Waals surface area contributed by atoms with Gasteiger partial charge in [-0.15, -0.1) is 0 Å². The Hall–Kier alpha value is -3.74. The van der Waals surface area contributed by atoms with Gasteiger partial charge in [-0.2, -0.15) is 0 Å². The van der Waals surface area contributed by atoms with Crippen molar-refractivity contribution in [3.8, 4) is 16.9 Å². The van der Waals surface area contributed by atoms with Crippen molar-refractivity contribution in [1.82, 2.24) is 0 Å². The summed E-state index contributed by atoms with van der Waals surface area (Å²) in [5.41, 5.74) is 1.46. The molecule has 0 spiro atoms. The Labute approximate surface area is 165 Å². The molecule has 0 aliphatic rings. The van der Waals surface area contributed by atoms with Crippen LogP contribution in [-0.2, 0) is 14.3 Å². The first-order valence-corrected chi connectivity index (χ1v) is 8.70. The van der Waals surface area contributed by atoms with Crippen molar-refractivity contribution in [1.29, 1.82) is 0 Å². The minimum atomic E-state index is -0.924. The molecule has 0 aliphatic heterocycles. The van der Waals surface area contributed by atoms with E-state index in [-0.39, 0.29) is 0 Å². The van der Waals surface area contributed by atoms with E-state index in [4.69, 9.17) is 9.47 Å². The summed E-state index contributed by atoms with van der Waals surface area (Å²) in [4.78, 5) is 23.4. The number of amides is 1. The second-order valence-electron chi connectivity index (χ2n) is 5.98. The fourth-order valence-electron chi connectivity index (χ4n) is 2.50. The molecule has 0 radical (unpaired) electrons. The number of hydrogen-bond donors (Lipinski definition) is 1. The van der Waals surface area contributed by atoms with Crippen molar-refractivity contribution in [2.45, 2.75) is 0 Å². The molecule has 0 atom stereocenters. The van der Waals surface area contributed by atoms with Crippen LogP contribution in [0, 0.1) is 11.6 Å². The lowest BCUT2D eigenvalue weighted by Gasteiger charge is -2.09. The van der Waals surface area contributed by atoms with Gasteiger partial charge >= 0.3 is 5.97 Å². The number of hydrogen-bond acceptors (Lipinski definition) is 4. The van der Waals surface area contributed by atoms with Crippen LogP contribution in [-0.4, -0.2) is 25.1 Å². The first-order valence-electron chi connectivity index (χ1n) is 8.70. The number of benzene rings is 3. The van der Waals surface area contributed by atoms with Crippen molar-refractivity contribution in [2.75, 3.05) is 18.5 Å². The molecular weight excluding hydrogens is 380 g/mol. The lowest BCUT2D eigenvalue weighted by atomic mass is 10.1. The zero-order valence-corrected chi connectivity index (χ0v) is 15.2. The lowest BCUT2D eigenvalue weighted by molar-refractivity contribution is -0.149. The van der Waals surface area contributed by atoms with Crippen LogP contribution < -0.4 is 10.1 Å². The van der Waals surface area contributed by atoms with Gasteiger partial charge in [0.05, 0.1) is 0 Å². The second kappa shape index (κ2) is 9.45. The average molecular weight is 397 g/mol. The molecule has 5 nitrogen and oxygen atoms in total. The fourth-order valence-corrected chi connectivity index (χ4v) is 2.50. The van der Waals surface area contributed by atoms with Gasteiger partial charge < -0.3 is 14.8 Å². The molecule has 0 aromatic heterocycles. The number of nitrogens with one attached hydrogen (secondary N) is 1. The molecule has 7 heteroatoms. The summed E-state index contributed by atoms with van der Waals surface area (Å²) in [5, 5.41) is 2.02. The molecule has 1 amide bonds. The van der Waals surface area contributed by atoms with Gasteiger partial charge in [0.25, 0.3) is 5.91 Å². The van der Waals surface area contributed by atoms with Crippen LogP contribution in [0.1, 0.15) is 0 Å². The number of para-hydroxylation sites is 1. The van der Waals surface area contributed by atoms with Gasteiger partial charge in [-0.1, -0.05) is 48.5 Å². The van der Waals surface area contributed by atoms with Gasteiger partial charge in [0.15, 0.2) is 13.2 Å². The summed E-state index contributed by atoms with van der Waals surface area (Å²) >= 11 is 0. The zero-order valence-electron chi connectivity index (χ0n) is 15.2. The highest BCUT2D eigenvalue weighted by Gasteiger charge is 2.14. The SMILES string of the molecule is O=C(COC(=O)COc1ccc(-c2ccccc2)cc1)Nc1c(F)cccc1F. The molecular formula is C22H17F2NO4. The number of anilines is 1. The summed E-state index contributed by atoms with van der Waals surface area (Å²) in [6.45, 7) is -1.10. The summed E-state index contributed by atoms with van der Waals surface area (Å²) in [6.07, 6.45) is 0. The molecule has 0 heterocycles. The van der Waals surface area contributed by atoms with Crippen LogP contribution >= 0.6 is 0 Å². The molecule has 0 fully saturated rings. The first-order chi connectivity index (χ1) is 14.0. The van der Waals surface area contributed by atoms with E-state index in [1.54, 1.807) is 12.1 Å². The molecule has 148 valence electrons. The van der Waals surface area contributed by atoms with Crippen molar-refractivity contribution >= 4 is 17.6 Å². The lowest BCUT2D eigenvalue weighted by Crippen LogP contribution is -2.24. The van der Waals surface area contributed by atoms with Gasteiger partial charge in [-0.05, 0) is 35.4 Å². The predicted molar refractivity (Wildman–Crippen MR) is 103 cm³/mol. The van der Waals surface area contributed by atoms with Crippen molar-refractivity contribution in [3.05, 3.63) is 84.4 Å². The maximum absolute atomic E-state index is 13.5. The molecule has 29 heavy (non-hydrogen) atoms. The molecule has 0 aliphatic carbocycles. The van der Waals surface area contributed by atoms with E-state index in [1.165, 1.54) is 6.07 Å². The standard InChI is InChI=1S/C22H17F2NO4/c23-18-7-4-8-19(24)22(18)25-20(26)13-29-21(27)14-28-17-11-9-16(10-12-17)15-5-2-1-3-6-15/h1-12H,13-14H2,(H,25,26). The van der Waals surface area contributed by atoms with Crippen LogP contribution in [0.25, 0.3) is 11.1 Å². The fraction of sp³-hybridized carbons (Fsp3) is 0.0909. The van der Waals surface area contributed by atoms with E-state index in [9.17, 15) is 18.4 Å². The summed E-state index contributed by atoms with van der Waals surface area (Å²) < 4.78 is 37.0. The Bertz CT molecular complexity index is 971. The third-order valence-corrected chi connectivity index (χ3v) is 3.91. The number of esters is 1. The largest absolute Gasteiger partial charge is 0.482 e. The number of halogens is 2.